The minimum absolute atomic E-state index is 0.470. The number of para-hydroxylation sites is 1. The fourth-order valence-corrected chi connectivity index (χ4v) is 1.37. The first-order chi connectivity index (χ1) is 6.77. The Kier molecular flexibility index (Phi) is 2.02. The molecule has 2 rings (SSSR count). The molecule has 1 aromatic heterocycles. The second-order valence-corrected chi connectivity index (χ2v) is 2.89. The van der Waals surface area contributed by atoms with Crippen LogP contribution in [0.3, 0.4) is 0 Å². The maximum Gasteiger partial charge on any atom is 0.235 e. The van der Waals surface area contributed by atoms with Gasteiger partial charge in [-0.25, -0.2) is 0 Å². The standard InChI is InChI=1S/C10H8N2O2/c13-12(14)6-5-8-7-11-10-4-2-1-3-9(8)10/h1-7,11H. The predicted molar refractivity (Wildman–Crippen MR) is 54.3 cm³/mol. The number of H-pyrrole nitrogens is 1. The molecule has 4 heteroatoms. The number of nitro groups is 1. The summed E-state index contributed by atoms with van der Waals surface area (Å²) in [7, 11) is 0. The van der Waals surface area contributed by atoms with Gasteiger partial charge >= 0.3 is 0 Å². The van der Waals surface area contributed by atoms with E-state index in [-0.39, 0.29) is 0 Å². The number of aromatic nitrogens is 1. The maximum atomic E-state index is 10.1. The van der Waals surface area contributed by atoms with Crippen LogP contribution in [0.1, 0.15) is 5.56 Å². The molecule has 0 aliphatic rings. The van der Waals surface area contributed by atoms with Gasteiger partial charge in [0.1, 0.15) is 0 Å². The van der Waals surface area contributed by atoms with E-state index in [1.807, 2.05) is 24.3 Å². The van der Waals surface area contributed by atoms with Crippen LogP contribution in [0.4, 0.5) is 0 Å². The summed E-state index contributed by atoms with van der Waals surface area (Å²) < 4.78 is 0. The summed E-state index contributed by atoms with van der Waals surface area (Å²) in [5, 5.41) is 11.1. The fourth-order valence-electron chi connectivity index (χ4n) is 1.37. The Balaban J connectivity index is 2.48. The lowest BCUT2D eigenvalue weighted by molar-refractivity contribution is -0.400. The summed E-state index contributed by atoms with van der Waals surface area (Å²) >= 11 is 0. The van der Waals surface area contributed by atoms with Gasteiger partial charge in [-0.2, -0.15) is 0 Å². The molecule has 14 heavy (non-hydrogen) atoms. The molecular formula is C10H8N2O2. The van der Waals surface area contributed by atoms with Crippen LogP contribution in [-0.2, 0) is 0 Å². The number of benzene rings is 1. The summed E-state index contributed by atoms with van der Waals surface area (Å²) in [5.74, 6) is 0. The van der Waals surface area contributed by atoms with E-state index in [1.165, 1.54) is 6.08 Å². The van der Waals surface area contributed by atoms with Gasteiger partial charge in [0, 0.05) is 28.7 Å². The van der Waals surface area contributed by atoms with E-state index in [0.717, 1.165) is 22.7 Å². The number of nitrogens with zero attached hydrogens (tertiary/aromatic N) is 1. The minimum atomic E-state index is -0.470. The number of nitrogens with one attached hydrogen (secondary N) is 1. The fraction of sp³-hybridized carbons (Fsp3) is 0. The third-order valence-corrected chi connectivity index (χ3v) is 2.00. The van der Waals surface area contributed by atoms with Gasteiger partial charge in [0.2, 0.25) is 6.20 Å². The molecule has 1 aromatic carbocycles. The quantitative estimate of drug-likeness (QED) is 0.581. The molecule has 2 aromatic rings. The van der Waals surface area contributed by atoms with Crippen LogP contribution < -0.4 is 0 Å². The van der Waals surface area contributed by atoms with Crippen molar-refractivity contribution in [2.24, 2.45) is 0 Å². The highest BCUT2D eigenvalue weighted by molar-refractivity contribution is 5.88. The van der Waals surface area contributed by atoms with Crippen LogP contribution in [0.25, 0.3) is 17.0 Å². The van der Waals surface area contributed by atoms with E-state index in [9.17, 15) is 10.1 Å². The van der Waals surface area contributed by atoms with Crippen LogP contribution in [0, 0.1) is 10.1 Å². The first-order valence-electron chi connectivity index (χ1n) is 4.15. The van der Waals surface area contributed by atoms with Gasteiger partial charge < -0.3 is 4.98 Å². The highest BCUT2D eigenvalue weighted by Gasteiger charge is 1.99. The van der Waals surface area contributed by atoms with E-state index in [2.05, 4.69) is 4.98 Å². The molecule has 0 aliphatic heterocycles. The van der Waals surface area contributed by atoms with Crippen molar-refractivity contribution in [3.63, 3.8) is 0 Å². The first-order valence-corrected chi connectivity index (χ1v) is 4.15. The van der Waals surface area contributed by atoms with Gasteiger partial charge in [-0.3, -0.25) is 10.1 Å². The Hall–Kier alpha value is -2.10. The van der Waals surface area contributed by atoms with Crippen LogP contribution in [0.5, 0.6) is 0 Å². The Labute approximate surface area is 80.0 Å². The van der Waals surface area contributed by atoms with Crippen molar-refractivity contribution < 1.29 is 4.92 Å². The Bertz CT molecular complexity index is 500. The van der Waals surface area contributed by atoms with Gasteiger partial charge in [0.25, 0.3) is 0 Å². The molecule has 0 saturated carbocycles. The van der Waals surface area contributed by atoms with Gasteiger partial charge in [-0.15, -0.1) is 0 Å². The molecule has 0 fully saturated rings. The molecule has 0 amide bonds. The molecule has 4 nitrogen and oxygen atoms in total. The van der Waals surface area contributed by atoms with E-state index in [0.29, 0.717) is 0 Å². The monoisotopic (exact) mass is 188 g/mol. The van der Waals surface area contributed by atoms with Crippen LogP contribution in [0.2, 0.25) is 0 Å². The SMILES string of the molecule is O=[N+]([O-])C=Cc1c[nH]c2ccccc12. The third kappa shape index (κ3) is 1.50. The average Bonchev–Trinajstić information content (AvgIpc) is 2.58. The number of hydrogen-bond acceptors (Lipinski definition) is 2. The zero-order valence-electron chi connectivity index (χ0n) is 7.31. The topological polar surface area (TPSA) is 58.9 Å². The minimum Gasteiger partial charge on any atom is -0.361 e. The molecule has 1 heterocycles. The van der Waals surface area contributed by atoms with Crippen molar-refractivity contribution in [1.82, 2.24) is 4.98 Å². The largest absolute Gasteiger partial charge is 0.361 e. The third-order valence-electron chi connectivity index (χ3n) is 2.00. The van der Waals surface area contributed by atoms with E-state index < -0.39 is 4.92 Å². The lowest BCUT2D eigenvalue weighted by Crippen LogP contribution is -1.81. The molecule has 0 atom stereocenters. The Morgan fingerprint density at radius 3 is 2.93 bits per heavy atom. The van der Waals surface area contributed by atoms with Gasteiger partial charge in [0.15, 0.2) is 0 Å². The molecule has 0 saturated heterocycles. The van der Waals surface area contributed by atoms with Gasteiger partial charge in [-0.05, 0) is 6.07 Å². The normalized spacial score (nSPS) is 11.1. The molecule has 70 valence electrons. The lowest BCUT2D eigenvalue weighted by atomic mass is 10.2. The molecular weight excluding hydrogens is 180 g/mol. The zero-order valence-corrected chi connectivity index (χ0v) is 7.31. The van der Waals surface area contributed by atoms with Crippen molar-refractivity contribution >= 4 is 17.0 Å². The number of fused-ring (bicyclic) bond motifs is 1. The lowest BCUT2D eigenvalue weighted by Gasteiger charge is -1.88. The van der Waals surface area contributed by atoms with Crippen molar-refractivity contribution in [2.75, 3.05) is 0 Å². The molecule has 0 unspecified atom stereocenters. The summed E-state index contributed by atoms with van der Waals surface area (Å²) in [6.45, 7) is 0. The summed E-state index contributed by atoms with van der Waals surface area (Å²) in [4.78, 5) is 12.7. The van der Waals surface area contributed by atoms with Crippen LogP contribution >= 0.6 is 0 Å². The van der Waals surface area contributed by atoms with Crippen molar-refractivity contribution in [1.29, 1.82) is 0 Å². The average molecular weight is 188 g/mol. The predicted octanol–water partition coefficient (Wildman–Crippen LogP) is 2.42. The number of aromatic amines is 1. The van der Waals surface area contributed by atoms with Crippen molar-refractivity contribution in [2.45, 2.75) is 0 Å². The van der Waals surface area contributed by atoms with Gasteiger partial charge in [-0.1, -0.05) is 18.2 Å². The van der Waals surface area contributed by atoms with Crippen LogP contribution in [0.15, 0.2) is 36.7 Å². The van der Waals surface area contributed by atoms with Crippen molar-refractivity contribution in [3.05, 3.63) is 52.3 Å². The molecule has 0 bridgehead atoms. The molecule has 0 radical (unpaired) electrons. The van der Waals surface area contributed by atoms with Crippen LogP contribution in [-0.4, -0.2) is 9.91 Å². The molecule has 0 aliphatic carbocycles. The van der Waals surface area contributed by atoms with Gasteiger partial charge in [0.05, 0.1) is 4.92 Å². The Morgan fingerprint density at radius 2 is 2.14 bits per heavy atom. The van der Waals surface area contributed by atoms with E-state index >= 15 is 0 Å². The van der Waals surface area contributed by atoms with E-state index in [4.69, 9.17) is 0 Å². The van der Waals surface area contributed by atoms with E-state index in [1.54, 1.807) is 6.20 Å². The number of rotatable bonds is 2. The second kappa shape index (κ2) is 3.33. The molecule has 1 N–H and O–H groups in total. The summed E-state index contributed by atoms with van der Waals surface area (Å²) in [5.41, 5.74) is 1.81. The Morgan fingerprint density at radius 1 is 1.36 bits per heavy atom. The smallest absolute Gasteiger partial charge is 0.235 e. The molecule has 0 spiro atoms. The highest BCUT2D eigenvalue weighted by atomic mass is 16.6. The summed E-state index contributed by atoms with van der Waals surface area (Å²) in [6.07, 6.45) is 4.18. The first kappa shape index (κ1) is 8.50. The zero-order chi connectivity index (χ0) is 9.97. The highest BCUT2D eigenvalue weighted by Crippen LogP contribution is 2.18. The number of hydrogen-bond donors (Lipinski definition) is 1. The summed E-state index contributed by atoms with van der Waals surface area (Å²) in [6, 6.07) is 7.67. The maximum absolute atomic E-state index is 10.1. The van der Waals surface area contributed by atoms with Crippen molar-refractivity contribution in [3.8, 4) is 0 Å². The second-order valence-electron chi connectivity index (χ2n) is 2.89.